The van der Waals surface area contributed by atoms with Crippen molar-refractivity contribution in [3.8, 4) is 0 Å². The smallest absolute Gasteiger partial charge is 0.224 e. The van der Waals surface area contributed by atoms with Crippen LogP contribution in [0.4, 0.5) is 0 Å². The molecule has 0 radical (unpaired) electrons. The molecule has 1 aliphatic heterocycles. The number of amides is 2. The lowest BCUT2D eigenvalue weighted by Crippen LogP contribution is -2.50. The van der Waals surface area contributed by atoms with Gasteiger partial charge in [-0.2, -0.15) is 0 Å². The number of hydrogen-bond acceptors (Lipinski definition) is 4. The number of carbonyl (C=O) groups is 2. The molecule has 34 heavy (non-hydrogen) atoms. The molecule has 1 spiro atoms. The Balaban J connectivity index is 1.13. The van der Waals surface area contributed by atoms with Crippen molar-refractivity contribution in [3.63, 3.8) is 0 Å². The molecule has 2 amide bonds. The second-order valence-corrected chi connectivity index (χ2v) is 11.9. The molecule has 1 aromatic carbocycles. The van der Waals surface area contributed by atoms with Crippen molar-refractivity contribution in [2.75, 3.05) is 46.3 Å². The molecule has 2 N–H and O–H groups in total. The standard InChI is InChI=1S/C28H40N4O2/c1-19-3-5-20(6-4-19)28(11-12-28)30-26(34)24-22-8-7-21(27(22)9-10-27)23(24)25(33)29-13-14-32-17-15-31(2)16-18-32/h3-6,21-24H,7-18H2,1-2H3,(H,29,33)(H,30,34)/t21-,22+,23+,24+/m0/s1. The summed E-state index contributed by atoms with van der Waals surface area (Å²) in [6.07, 6.45) is 6.64. The maximum absolute atomic E-state index is 13.8. The third-order valence-corrected chi connectivity index (χ3v) is 9.99. The van der Waals surface area contributed by atoms with Crippen molar-refractivity contribution < 1.29 is 9.59 Å². The molecule has 184 valence electrons. The molecule has 6 nitrogen and oxygen atoms in total. The van der Waals surface area contributed by atoms with E-state index in [1.165, 1.54) is 24.0 Å². The van der Waals surface area contributed by atoms with Gasteiger partial charge in [0, 0.05) is 39.3 Å². The first kappa shape index (κ1) is 22.5. The number of likely N-dealkylation sites (N-methyl/N-ethyl adjacent to an activating group) is 1. The number of nitrogens with zero attached hydrogens (tertiary/aromatic N) is 2. The van der Waals surface area contributed by atoms with Crippen LogP contribution in [-0.2, 0) is 15.1 Å². The highest BCUT2D eigenvalue weighted by atomic mass is 16.2. The Bertz CT molecular complexity index is 944. The Morgan fingerprint density at radius 3 is 2.12 bits per heavy atom. The van der Waals surface area contributed by atoms with Crippen molar-refractivity contribution in [2.45, 2.75) is 51.0 Å². The van der Waals surface area contributed by atoms with E-state index in [0.29, 0.717) is 18.4 Å². The van der Waals surface area contributed by atoms with Crippen LogP contribution in [0.3, 0.4) is 0 Å². The van der Waals surface area contributed by atoms with Crippen LogP contribution in [0.15, 0.2) is 24.3 Å². The van der Waals surface area contributed by atoms with Gasteiger partial charge in [0.05, 0.1) is 17.4 Å². The molecule has 5 fully saturated rings. The molecule has 4 saturated carbocycles. The summed E-state index contributed by atoms with van der Waals surface area (Å²) in [5, 5.41) is 6.72. The molecule has 6 rings (SSSR count). The van der Waals surface area contributed by atoms with Gasteiger partial charge in [0.15, 0.2) is 0 Å². The van der Waals surface area contributed by atoms with Crippen molar-refractivity contribution in [1.82, 2.24) is 20.4 Å². The average Bonchev–Trinajstić information content (AvgIpc) is 3.73. The van der Waals surface area contributed by atoms with Gasteiger partial charge in [0.1, 0.15) is 0 Å². The van der Waals surface area contributed by atoms with E-state index in [1.807, 2.05) is 0 Å². The van der Waals surface area contributed by atoms with Crippen LogP contribution < -0.4 is 10.6 Å². The first-order valence-corrected chi connectivity index (χ1v) is 13.5. The number of aryl methyl sites for hydroxylation is 1. The van der Waals surface area contributed by atoms with Crippen LogP contribution in [0.2, 0.25) is 0 Å². The van der Waals surface area contributed by atoms with Crippen LogP contribution in [0.5, 0.6) is 0 Å². The predicted octanol–water partition coefficient (Wildman–Crippen LogP) is 2.52. The van der Waals surface area contributed by atoms with Crippen LogP contribution in [0, 0.1) is 36.0 Å². The number of piperazine rings is 1. The summed E-state index contributed by atoms with van der Waals surface area (Å²) < 4.78 is 0. The Labute approximate surface area is 203 Å². The van der Waals surface area contributed by atoms with E-state index < -0.39 is 0 Å². The van der Waals surface area contributed by atoms with E-state index in [0.717, 1.165) is 58.4 Å². The lowest BCUT2D eigenvalue weighted by Gasteiger charge is -2.33. The monoisotopic (exact) mass is 464 g/mol. The van der Waals surface area contributed by atoms with Crippen molar-refractivity contribution in [1.29, 1.82) is 0 Å². The van der Waals surface area contributed by atoms with Gasteiger partial charge in [-0.1, -0.05) is 29.8 Å². The van der Waals surface area contributed by atoms with Gasteiger partial charge in [0.2, 0.25) is 11.8 Å². The molecular formula is C28H40N4O2. The van der Waals surface area contributed by atoms with Gasteiger partial charge >= 0.3 is 0 Å². The zero-order valence-corrected chi connectivity index (χ0v) is 20.8. The first-order chi connectivity index (χ1) is 16.4. The summed E-state index contributed by atoms with van der Waals surface area (Å²) in [5.74, 6) is 0.741. The summed E-state index contributed by atoms with van der Waals surface area (Å²) in [5.41, 5.74) is 2.51. The Morgan fingerprint density at radius 2 is 1.53 bits per heavy atom. The molecule has 0 unspecified atom stereocenters. The van der Waals surface area contributed by atoms with Crippen molar-refractivity contribution in [2.24, 2.45) is 29.1 Å². The minimum Gasteiger partial charge on any atom is -0.355 e. The third kappa shape index (κ3) is 3.78. The fourth-order valence-corrected chi connectivity index (χ4v) is 7.69. The van der Waals surface area contributed by atoms with Crippen molar-refractivity contribution in [3.05, 3.63) is 35.4 Å². The molecule has 4 aliphatic carbocycles. The second-order valence-electron chi connectivity index (χ2n) is 11.9. The minimum atomic E-state index is -0.216. The Hall–Kier alpha value is -1.92. The first-order valence-electron chi connectivity index (χ1n) is 13.5. The Morgan fingerprint density at radius 1 is 0.912 bits per heavy atom. The van der Waals surface area contributed by atoms with E-state index in [9.17, 15) is 9.59 Å². The van der Waals surface area contributed by atoms with Crippen LogP contribution in [-0.4, -0.2) is 67.9 Å². The van der Waals surface area contributed by atoms with Gasteiger partial charge in [-0.05, 0) is 75.3 Å². The predicted molar refractivity (Wildman–Crippen MR) is 132 cm³/mol. The molecule has 2 bridgehead atoms. The normalized spacial score (nSPS) is 33.1. The highest BCUT2D eigenvalue weighted by Crippen LogP contribution is 2.74. The third-order valence-electron chi connectivity index (χ3n) is 9.99. The summed E-state index contributed by atoms with van der Waals surface area (Å²) in [6.45, 7) is 8.00. The van der Waals surface area contributed by atoms with Gasteiger partial charge in [-0.3, -0.25) is 14.5 Å². The molecule has 1 heterocycles. The van der Waals surface area contributed by atoms with E-state index in [-0.39, 0.29) is 34.6 Å². The van der Waals surface area contributed by atoms with Crippen molar-refractivity contribution >= 4 is 11.8 Å². The minimum absolute atomic E-state index is 0.132. The van der Waals surface area contributed by atoms with E-state index in [4.69, 9.17) is 0 Å². The maximum atomic E-state index is 13.8. The molecule has 0 aromatic heterocycles. The average molecular weight is 465 g/mol. The van der Waals surface area contributed by atoms with E-state index in [2.05, 4.69) is 58.7 Å². The number of benzene rings is 1. The molecule has 1 saturated heterocycles. The highest BCUT2D eigenvalue weighted by molar-refractivity contribution is 5.90. The highest BCUT2D eigenvalue weighted by Gasteiger charge is 2.71. The molecular weight excluding hydrogens is 424 g/mol. The second kappa shape index (κ2) is 8.34. The van der Waals surface area contributed by atoms with E-state index in [1.54, 1.807) is 0 Å². The Kier molecular flexibility index (Phi) is 5.53. The van der Waals surface area contributed by atoms with E-state index >= 15 is 0 Å². The van der Waals surface area contributed by atoms with Gasteiger partial charge in [-0.25, -0.2) is 0 Å². The number of nitrogens with one attached hydrogen (secondary N) is 2. The van der Waals surface area contributed by atoms with Gasteiger partial charge in [-0.15, -0.1) is 0 Å². The summed E-state index contributed by atoms with van der Waals surface area (Å²) >= 11 is 0. The lowest BCUT2D eigenvalue weighted by molar-refractivity contribution is -0.137. The molecule has 5 aliphatic rings. The van der Waals surface area contributed by atoms with Gasteiger partial charge < -0.3 is 15.5 Å². The molecule has 4 atom stereocenters. The number of hydrogen-bond donors (Lipinski definition) is 2. The zero-order chi connectivity index (χ0) is 23.5. The fourth-order valence-electron chi connectivity index (χ4n) is 7.69. The fraction of sp³-hybridized carbons (Fsp3) is 0.714. The SMILES string of the molecule is Cc1ccc(C2(NC(=O)[C@H]3[C@H](C(=O)NCCN4CCN(C)CC4)[C@@H]4CC[C@H]3C43CC3)CC2)cc1. The topological polar surface area (TPSA) is 64.7 Å². The summed E-state index contributed by atoms with van der Waals surface area (Å²) in [4.78, 5) is 32.1. The maximum Gasteiger partial charge on any atom is 0.224 e. The lowest BCUT2D eigenvalue weighted by atomic mass is 9.78. The largest absolute Gasteiger partial charge is 0.355 e. The zero-order valence-electron chi connectivity index (χ0n) is 20.8. The summed E-state index contributed by atoms with van der Waals surface area (Å²) in [6, 6.07) is 8.59. The molecule has 6 heteroatoms. The quantitative estimate of drug-likeness (QED) is 0.651. The number of carbonyl (C=O) groups excluding carboxylic acids is 2. The van der Waals surface area contributed by atoms with Gasteiger partial charge in [0.25, 0.3) is 0 Å². The van der Waals surface area contributed by atoms with Crippen LogP contribution in [0.25, 0.3) is 0 Å². The molecule has 1 aromatic rings. The summed E-state index contributed by atoms with van der Waals surface area (Å²) in [7, 11) is 2.16. The van der Waals surface area contributed by atoms with Crippen LogP contribution in [0.1, 0.15) is 49.7 Å². The number of rotatable bonds is 7. The van der Waals surface area contributed by atoms with Crippen LogP contribution >= 0.6 is 0 Å².